The molecule has 0 unspecified atom stereocenters. The molecular formula is C28H35F2N3O4. The van der Waals surface area contributed by atoms with E-state index in [9.17, 15) is 18.7 Å². The third kappa shape index (κ3) is 6.22. The van der Waals surface area contributed by atoms with Crippen LogP contribution in [0.1, 0.15) is 56.2 Å². The Balaban J connectivity index is 1.30. The van der Waals surface area contributed by atoms with Gasteiger partial charge in [0.1, 0.15) is 23.0 Å². The second-order valence-corrected chi connectivity index (χ2v) is 10.6. The van der Waals surface area contributed by atoms with Crippen molar-refractivity contribution >= 4 is 11.6 Å². The summed E-state index contributed by atoms with van der Waals surface area (Å²) in [5.41, 5.74) is 2.20. The van der Waals surface area contributed by atoms with Crippen molar-refractivity contribution in [2.24, 2.45) is 0 Å². The van der Waals surface area contributed by atoms with Gasteiger partial charge in [-0.25, -0.2) is 8.78 Å². The molecule has 0 bridgehead atoms. The number of hydrogen-bond donors (Lipinski definition) is 4. The molecule has 2 aromatic rings. The van der Waals surface area contributed by atoms with E-state index >= 15 is 0 Å². The number of carbonyl (C=O) groups excluding carboxylic acids is 1. The highest BCUT2D eigenvalue weighted by Crippen LogP contribution is 2.49. The standard InChI is InChI=1S/C28H35F2N3O4/c1-17(34)32-24(11-18-9-19(29)12-20(30)10-18)26(35)15-31-25-14-28(6-2-7-28)37-27-4-3-21(13-23(25)27)33-22-5-8-36-16-22/h3-4,9-10,12-13,22,24-26,31,33,35H,2,5-8,11,14-16H2,1H3,(H,32,34)/t22-,24+,25+,26+/m1/s1. The molecule has 4 atom stereocenters. The zero-order valence-corrected chi connectivity index (χ0v) is 21.1. The molecule has 2 fully saturated rings. The van der Waals surface area contributed by atoms with E-state index in [0.717, 1.165) is 61.8 Å². The van der Waals surface area contributed by atoms with Crippen LogP contribution in [0.4, 0.5) is 14.5 Å². The monoisotopic (exact) mass is 515 g/mol. The first kappa shape index (κ1) is 25.9. The van der Waals surface area contributed by atoms with Crippen molar-refractivity contribution in [3.8, 4) is 5.75 Å². The molecule has 1 saturated heterocycles. The van der Waals surface area contributed by atoms with E-state index in [4.69, 9.17) is 9.47 Å². The number of hydrogen-bond acceptors (Lipinski definition) is 6. The normalized spacial score (nSPS) is 23.5. The molecule has 37 heavy (non-hydrogen) atoms. The van der Waals surface area contributed by atoms with Gasteiger partial charge < -0.3 is 30.5 Å². The zero-order valence-electron chi connectivity index (χ0n) is 21.1. The highest BCUT2D eigenvalue weighted by atomic mass is 19.1. The first-order chi connectivity index (χ1) is 17.8. The molecule has 3 aliphatic rings. The Morgan fingerprint density at radius 2 is 1.97 bits per heavy atom. The predicted octanol–water partition coefficient (Wildman–Crippen LogP) is 3.61. The maximum atomic E-state index is 13.7. The van der Waals surface area contributed by atoms with Gasteiger partial charge in [-0.05, 0) is 68.0 Å². The summed E-state index contributed by atoms with van der Waals surface area (Å²) in [6.45, 7) is 2.99. The first-order valence-corrected chi connectivity index (χ1v) is 13.1. The smallest absolute Gasteiger partial charge is 0.217 e. The average molecular weight is 516 g/mol. The highest BCUT2D eigenvalue weighted by molar-refractivity contribution is 5.73. The Morgan fingerprint density at radius 1 is 1.19 bits per heavy atom. The molecule has 2 aromatic carbocycles. The molecule has 0 radical (unpaired) electrons. The van der Waals surface area contributed by atoms with Crippen molar-refractivity contribution in [3.63, 3.8) is 0 Å². The summed E-state index contributed by atoms with van der Waals surface area (Å²) in [5.74, 6) is -0.859. The maximum Gasteiger partial charge on any atom is 0.217 e. The molecule has 9 heteroatoms. The van der Waals surface area contributed by atoms with Gasteiger partial charge in [0.2, 0.25) is 5.91 Å². The fraction of sp³-hybridized carbons (Fsp3) is 0.536. The van der Waals surface area contributed by atoms with Crippen LogP contribution in [-0.4, -0.2) is 54.6 Å². The summed E-state index contributed by atoms with van der Waals surface area (Å²) in [5, 5.41) is 20.8. The number of amides is 1. The van der Waals surface area contributed by atoms with Gasteiger partial charge in [0.05, 0.1) is 24.8 Å². The molecule has 1 amide bonds. The number of nitrogens with one attached hydrogen (secondary N) is 3. The Hall–Kier alpha value is -2.75. The van der Waals surface area contributed by atoms with Crippen molar-refractivity contribution in [2.75, 3.05) is 25.1 Å². The molecule has 1 aliphatic carbocycles. The summed E-state index contributed by atoms with van der Waals surface area (Å²) in [6.07, 6.45) is 3.98. The second-order valence-electron chi connectivity index (χ2n) is 10.6. The number of anilines is 1. The number of fused-ring (bicyclic) bond motifs is 1. The van der Waals surface area contributed by atoms with Gasteiger partial charge in [-0.15, -0.1) is 0 Å². The molecule has 1 saturated carbocycles. The molecule has 2 aliphatic heterocycles. The largest absolute Gasteiger partial charge is 0.487 e. The van der Waals surface area contributed by atoms with Crippen LogP contribution < -0.4 is 20.7 Å². The minimum Gasteiger partial charge on any atom is -0.487 e. The summed E-state index contributed by atoms with van der Waals surface area (Å²) in [6, 6.07) is 8.90. The van der Waals surface area contributed by atoms with E-state index in [2.05, 4.69) is 22.0 Å². The number of carbonyl (C=O) groups is 1. The van der Waals surface area contributed by atoms with E-state index in [-0.39, 0.29) is 36.6 Å². The first-order valence-electron chi connectivity index (χ1n) is 13.1. The van der Waals surface area contributed by atoms with Gasteiger partial charge in [-0.3, -0.25) is 4.79 Å². The second kappa shape index (κ2) is 10.9. The maximum absolute atomic E-state index is 13.7. The quantitative estimate of drug-likeness (QED) is 0.408. The van der Waals surface area contributed by atoms with Gasteiger partial charge >= 0.3 is 0 Å². The fourth-order valence-electron chi connectivity index (χ4n) is 5.64. The third-order valence-corrected chi connectivity index (χ3v) is 7.66. The number of ether oxygens (including phenoxy) is 2. The summed E-state index contributed by atoms with van der Waals surface area (Å²) in [7, 11) is 0. The van der Waals surface area contributed by atoms with E-state index in [1.807, 2.05) is 12.1 Å². The van der Waals surface area contributed by atoms with Crippen LogP contribution in [0.15, 0.2) is 36.4 Å². The number of benzene rings is 2. The van der Waals surface area contributed by atoms with Gasteiger partial charge in [-0.1, -0.05) is 0 Å². The van der Waals surface area contributed by atoms with E-state index in [1.165, 1.54) is 19.1 Å². The fourth-order valence-corrected chi connectivity index (χ4v) is 5.64. The third-order valence-electron chi connectivity index (χ3n) is 7.66. The van der Waals surface area contributed by atoms with E-state index in [1.54, 1.807) is 0 Å². The number of aliphatic hydroxyl groups is 1. The SMILES string of the molecule is CC(=O)N[C@@H](Cc1cc(F)cc(F)c1)[C@@H](O)CN[C@H]1CC2(CCC2)Oc2ccc(N[C@@H]3CCOC3)cc21. The van der Waals surface area contributed by atoms with Crippen molar-refractivity contribution in [3.05, 3.63) is 59.2 Å². The van der Waals surface area contributed by atoms with Crippen LogP contribution in [-0.2, 0) is 16.0 Å². The van der Waals surface area contributed by atoms with Gasteiger partial charge in [-0.2, -0.15) is 0 Å². The van der Waals surface area contributed by atoms with E-state index < -0.39 is 23.8 Å². The van der Waals surface area contributed by atoms with Crippen molar-refractivity contribution in [1.82, 2.24) is 10.6 Å². The van der Waals surface area contributed by atoms with Gasteiger partial charge in [0, 0.05) is 49.9 Å². The minimum absolute atomic E-state index is 0.0510. The lowest BCUT2D eigenvalue weighted by Gasteiger charge is -2.48. The number of halogens is 2. The molecule has 5 rings (SSSR count). The Labute approximate surface area is 215 Å². The average Bonchev–Trinajstić information content (AvgIpc) is 3.33. The Kier molecular flexibility index (Phi) is 7.65. The lowest BCUT2D eigenvalue weighted by Crippen LogP contribution is -2.52. The van der Waals surface area contributed by atoms with Crippen molar-refractivity contribution < 1.29 is 28.2 Å². The van der Waals surface area contributed by atoms with Gasteiger partial charge in [0.15, 0.2) is 0 Å². The van der Waals surface area contributed by atoms with Crippen LogP contribution >= 0.6 is 0 Å². The molecule has 1 spiro atoms. The predicted molar refractivity (Wildman–Crippen MR) is 136 cm³/mol. The van der Waals surface area contributed by atoms with Crippen molar-refractivity contribution in [2.45, 2.75) is 75.3 Å². The highest BCUT2D eigenvalue weighted by Gasteiger charge is 2.45. The lowest BCUT2D eigenvalue weighted by atomic mass is 9.73. The van der Waals surface area contributed by atoms with Crippen molar-refractivity contribution in [1.29, 1.82) is 0 Å². The molecule has 7 nitrogen and oxygen atoms in total. The van der Waals surface area contributed by atoms with Crippen LogP contribution in [0.25, 0.3) is 0 Å². The topological polar surface area (TPSA) is 91.9 Å². The minimum atomic E-state index is -0.976. The molecule has 2 heterocycles. The number of aliphatic hydroxyl groups excluding tert-OH is 1. The molecule has 0 aromatic heterocycles. The Morgan fingerprint density at radius 3 is 2.62 bits per heavy atom. The molecular weight excluding hydrogens is 480 g/mol. The van der Waals surface area contributed by atoms with Crippen LogP contribution in [0, 0.1) is 11.6 Å². The van der Waals surface area contributed by atoms with Crippen LogP contribution in [0.2, 0.25) is 0 Å². The lowest BCUT2D eigenvalue weighted by molar-refractivity contribution is -0.120. The number of rotatable bonds is 9. The van der Waals surface area contributed by atoms with Crippen LogP contribution in [0.3, 0.4) is 0 Å². The summed E-state index contributed by atoms with van der Waals surface area (Å²) in [4.78, 5) is 11.8. The van der Waals surface area contributed by atoms with E-state index in [0.29, 0.717) is 12.2 Å². The zero-order chi connectivity index (χ0) is 26.0. The van der Waals surface area contributed by atoms with Crippen LogP contribution in [0.5, 0.6) is 5.75 Å². The molecule has 4 N–H and O–H groups in total. The van der Waals surface area contributed by atoms with Gasteiger partial charge in [0.25, 0.3) is 0 Å². The summed E-state index contributed by atoms with van der Waals surface area (Å²) < 4.78 is 39.4. The Bertz CT molecular complexity index is 1100. The molecule has 200 valence electrons. The summed E-state index contributed by atoms with van der Waals surface area (Å²) >= 11 is 0.